The van der Waals surface area contributed by atoms with E-state index in [9.17, 15) is 8.42 Å². The van der Waals surface area contributed by atoms with Crippen molar-refractivity contribution in [1.29, 1.82) is 0 Å². The van der Waals surface area contributed by atoms with Gasteiger partial charge in [0.05, 0.1) is 19.0 Å². The molecule has 0 aliphatic carbocycles. The summed E-state index contributed by atoms with van der Waals surface area (Å²) in [6.45, 7) is 5.71. The van der Waals surface area contributed by atoms with Gasteiger partial charge >= 0.3 is 0 Å². The van der Waals surface area contributed by atoms with Crippen LogP contribution in [0, 0.1) is 0 Å². The zero-order valence-electron chi connectivity index (χ0n) is 12.0. The second-order valence-corrected chi connectivity index (χ2v) is 8.03. The van der Waals surface area contributed by atoms with Crippen molar-refractivity contribution in [3.05, 3.63) is 0 Å². The van der Waals surface area contributed by atoms with Gasteiger partial charge in [0.1, 0.15) is 0 Å². The zero-order chi connectivity index (χ0) is 14.0. The SMILES string of the molecule is O=S(=O)(CC1CCCN1)N1CCC(N2CCOCC2)C1. The molecule has 1 N–H and O–H groups in total. The van der Waals surface area contributed by atoms with Gasteiger partial charge in [-0.05, 0) is 25.8 Å². The number of hydrogen-bond acceptors (Lipinski definition) is 5. The highest BCUT2D eigenvalue weighted by molar-refractivity contribution is 7.89. The molecule has 0 aromatic carbocycles. The van der Waals surface area contributed by atoms with Crippen molar-refractivity contribution in [2.24, 2.45) is 0 Å². The molecule has 0 spiro atoms. The highest BCUT2D eigenvalue weighted by Gasteiger charge is 2.36. The Hall–Kier alpha value is -0.210. The van der Waals surface area contributed by atoms with Gasteiger partial charge in [0, 0.05) is 38.3 Å². The Morgan fingerprint density at radius 2 is 1.95 bits per heavy atom. The molecule has 0 aromatic heterocycles. The quantitative estimate of drug-likeness (QED) is 0.757. The lowest BCUT2D eigenvalue weighted by Crippen LogP contribution is -2.46. The minimum atomic E-state index is -3.10. The molecule has 0 amide bonds. The molecular weight excluding hydrogens is 278 g/mol. The van der Waals surface area contributed by atoms with Crippen molar-refractivity contribution in [3.8, 4) is 0 Å². The molecule has 3 saturated heterocycles. The Morgan fingerprint density at radius 1 is 1.15 bits per heavy atom. The van der Waals surface area contributed by atoms with E-state index in [0.717, 1.165) is 52.1 Å². The number of morpholine rings is 1. The molecule has 3 rings (SSSR count). The van der Waals surface area contributed by atoms with Gasteiger partial charge in [-0.3, -0.25) is 4.90 Å². The van der Waals surface area contributed by atoms with E-state index in [0.29, 0.717) is 19.1 Å². The van der Waals surface area contributed by atoms with Crippen molar-refractivity contribution in [2.75, 3.05) is 51.7 Å². The van der Waals surface area contributed by atoms with Crippen molar-refractivity contribution in [3.63, 3.8) is 0 Å². The maximum Gasteiger partial charge on any atom is 0.215 e. The first kappa shape index (κ1) is 14.7. The van der Waals surface area contributed by atoms with Crippen molar-refractivity contribution in [2.45, 2.75) is 31.3 Å². The first-order valence-electron chi connectivity index (χ1n) is 7.68. The van der Waals surface area contributed by atoms with Gasteiger partial charge in [0.15, 0.2) is 0 Å². The average Bonchev–Trinajstić information content (AvgIpc) is 3.10. The highest BCUT2D eigenvalue weighted by Crippen LogP contribution is 2.21. The molecule has 3 aliphatic rings. The third-order valence-corrected chi connectivity index (χ3v) is 6.60. The molecule has 20 heavy (non-hydrogen) atoms. The van der Waals surface area contributed by atoms with Crippen molar-refractivity contribution in [1.82, 2.24) is 14.5 Å². The van der Waals surface area contributed by atoms with Gasteiger partial charge in [-0.15, -0.1) is 0 Å². The summed E-state index contributed by atoms with van der Waals surface area (Å²) in [5.74, 6) is 0.267. The number of ether oxygens (including phenoxy) is 1. The van der Waals surface area contributed by atoms with Crippen LogP contribution in [0.3, 0.4) is 0 Å². The van der Waals surface area contributed by atoms with Gasteiger partial charge in [0.25, 0.3) is 0 Å². The lowest BCUT2D eigenvalue weighted by atomic mass is 10.2. The van der Waals surface area contributed by atoms with Crippen LogP contribution in [0.15, 0.2) is 0 Å². The molecule has 3 fully saturated rings. The number of sulfonamides is 1. The van der Waals surface area contributed by atoms with Gasteiger partial charge in [0.2, 0.25) is 10.0 Å². The zero-order valence-corrected chi connectivity index (χ0v) is 12.8. The smallest absolute Gasteiger partial charge is 0.215 e. The standard InChI is InChI=1S/C13H25N3O3S/c17-20(18,11-12-2-1-4-14-12)16-5-3-13(10-16)15-6-8-19-9-7-15/h12-14H,1-11H2. The Morgan fingerprint density at radius 3 is 2.65 bits per heavy atom. The van der Waals surface area contributed by atoms with Crippen LogP contribution in [0.2, 0.25) is 0 Å². The molecule has 3 heterocycles. The van der Waals surface area contributed by atoms with Crippen LogP contribution in [0.1, 0.15) is 19.3 Å². The van der Waals surface area contributed by atoms with Crippen LogP contribution in [-0.4, -0.2) is 81.4 Å². The fourth-order valence-corrected chi connectivity index (χ4v) is 5.25. The predicted molar refractivity (Wildman–Crippen MR) is 77.2 cm³/mol. The summed E-state index contributed by atoms with van der Waals surface area (Å²) in [6.07, 6.45) is 3.04. The van der Waals surface area contributed by atoms with Crippen LogP contribution in [0.25, 0.3) is 0 Å². The van der Waals surface area contributed by atoms with E-state index in [1.54, 1.807) is 4.31 Å². The summed E-state index contributed by atoms with van der Waals surface area (Å²) < 4.78 is 32.0. The van der Waals surface area contributed by atoms with Crippen LogP contribution < -0.4 is 5.32 Å². The van der Waals surface area contributed by atoms with Crippen LogP contribution in [-0.2, 0) is 14.8 Å². The molecular formula is C13H25N3O3S. The van der Waals surface area contributed by atoms with E-state index >= 15 is 0 Å². The number of hydrogen-bond donors (Lipinski definition) is 1. The summed E-state index contributed by atoms with van der Waals surface area (Å²) in [5.41, 5.74) is 0. The predicted octanol–water partition coefficient (Wildman–Crippen LogP) is -0.525. The van der Waals surface area contributed by atoms with Gasteiger partial charge in [-0.1, -0.05) is 0 Å². The first-order valence-corrected chi connectivity index (χ1v) is 9.29. The Kier molecular flexibility index (Phi) is 4.62. The number of nitrogens with zero attached hydrogens (tertiary/aromatic N) is 2. The molecule has 116 valence electrons. The maximum absolute atomic E-state index is 12.5. The summed E-state index contributed by atoms with van der Waals surface area (Å²) in [5, 5.41) is 3.28. The topological polar surface area (TPSA) is 61.9 Å². The molecule has 0 aromatic rings. The summed E-state index contributed by atoms with van der Waals surface area (Å²) in [6, 6.07) is 0.535. The first-order chi connectivity index (χ1) is 9.65. The third kappa shape index (κ3) is 3.33. The highest BCUT2D eigenvalue weighted by atomic mass is 32.2. The lowest BCUT2D eigenvalue weighted by Gasteiger charge is -2.32. The van der Waals surface area contributed by atoms with E-state index in [1.807, 2.05) is 0 Å². The second-order valence-electron chi connectivity index (χ2n) is 6.02. The van der Waals surface area contributed by atoms with Crippen molar-refractivity contribution < 1.29 is 13.2 Å². The Labute approximate surface area is 121 Å². The van der Waals surface area contributed by atoms with Crippen LogP contribution >= 0.6 is 0 Å². The number of nitrogens with one attached hydrogen (secondary N) is 1. The second kappa shape index (κ2) is 6.27. The minimum absolute atomic E-state index is 0.155. The van der Waals surface area contributed by atoms with Gasteiger partial charge in [-0.25, -0.2) is 12.7 Å². The van der Waals surface area contributed by atoms with E-state index in [-0.39, 0.29) is 11.8 Å². The summed E-state index contributed by atoms with van der Waals surface area (Å²) in [7, 11) is -3.10. The minimum Gasteiger partial charge on any atom is -0.379 e. The fourth-order valence-electron chi connectivity index (χ4n) is 3.46. The van der Waals surface area contributed by atoms with E-state index in [4.69, 9.17) is 4.74 Å². The van der Waals surface area contributed by atoms with Crippen LogP contribution in [0.5, 0.6) is 0 Å². The Balaban J connectivity index is 1.55. The molecule has 0 saturated carbocycles. The summed E-state index contributed by atoms with van der Waals surface area (Å²) in [4.78, 5) is 2.38. The average molecular weight is 303 g/mol. The van der Waals surface area contributed by atoms with Crippen LogP contribution in [0.4, 0.5) is 0 Å². The Bertz CT molecular complexity index is 417. The van der Waals surface area contributed by atoms with E-state index in [2.05, 4.69) is 10.2 Å². The van der Waals surface area contributed by atoms with Crippen molar-refractivity contribution >= 4 is 10.0 Å². The maximum atomic E-state index is 12.5. The molecule has 0 bridgehead atoms. The fraction of sp³-hybridized carbons (Fsp3) is 1.00. The third-order valence-electron chi connectivity index (χ3n) is 4.66. The van der Waals surface area contributed by atoms with E-state index < -0.39 is 10.0 Å². The van der Waals surface area contributed by atoms with Gasteiger partial charge in [-0.2, -0.15) is 0 Å². The molecule has 2 atom stereocenters. The largest absolute Gasteiger partial charge is 0.379 e. The summed E-state index contributed by atoms with van der Waals surface area (Å²) >= 11 is 0. The van der Waals surface area contributed by atoms with E-state index in [1.165, 1.54) is 0 Å². The monoisotopic (exact) mass is 303 g/mol. The molecule has 6 nitrogen and oxygen atoms in total. The molecule has 2 unspecified atom stereocenters. The molecule has 7 heteroatoms. The molecule has 0 radical (unpaired) electrons. The molecule has 3 aliphatic heterocycles. The number of rotatable bonds is 4. The normalized spacial score (nSPS) is 33.8. The van der Waals surface area contributed by atoms with Gasteiger partial charge < -0.3 is 10.1 Å². The lowest BCUT2D eigenvalue weighted by molar-refractivity contribution is 0.0197.